The first kappa shape index (κ1) is 9.47. The number of hydrogen-bond donors (Lipinski definition) is 0. The largest absolute Gasteiger partial charge is 0.381 e. The summed E-state index contributed by atoms with van der Waals surface area (Å²) in [5, 5.41) is 0. The highest BCUT2D eigenvalue weighted by Crippen LogP contribution is 2.34. The summed E-state index contributed by atoms with van der Waals surface area (Å²) in [6, 6.07) is 0.800. The Balaban J connectivity index is 2.07. The van der Waals surface area contributed by atoms with Gasteiger partial charge in [-0.25, -0.2) is 0 Å². The van der Waals surface area contributed by atoms with Gasteiger partial charge >= 0.3 is 0 Å². The molecule has 0 saturated carbocycles. The molecule has 2 atom stereocenters. The molecule has 0 amide bonds. The second-order valence-electron chi connectivity index (χ2n) is 5.34. The molecule has 2 aliphatic heterocycles. The van der Waals surface area contributed by atoms with Gasteiger partial charge in [0.25, 0.3) is 0 Å². The van der Waals surface area contributed by atoms with Crippen LogP contribution in [-0.4, -0.2) is 36.2 Å². The number of likely N-dealkylation sites (tertiary alicyclic amines) is 1. The predicted octanol–water partition coefficient (Wildman–Crippen LogP) is 1.90. The van der Waals surface area contributed by atoms with Crippen LogP contribution in [0.4, 0.5) is 0 Å². The Kier molecular flexibility index (Phi) is 2.37. The Morgan fingerprint density at radius 2 is 2.00 bits per heavy atom. The number of fused-ring (bicyclic) bond motifs is 1. The van der Waals surface area contributed by atoms with Gasteiger partial charge in [0.15, 0.2) is 0 Å². The predicted molar refractivity (Wildman–Crippen MR) is 53.8 cm³/mol. The van der Waals surface area contributed by atoms with Crippen molar-refractivity contribution in [1.82, 2.24) is 4.90 Å². The normalized spacial score (nSPS) is 36.2. The lowest BCUT2D eigenvalue weighted by Crippen LogP contribution is -2.48. The van der Waals surface area contributed by atoms with E-state index in [4.69, 9.17) is 4.74 Å². The van der Waals surface area contributed by atoms with Gasteiger partial charge in [-0.2, -0.15) is 0 Å². The van der Waals surface area contributed by atoms with Crippen molar-refractivity contribution < 1.29 is 4.74 Å². The van der Waals surface area contributed by atoms with Gasteiger partial charge < -0.3 is 4.74 Å². The van der Waals surface area contributed by atoms with Gasteiger partial charge in [-0.3, -0.25) is 4.90 Å². The summed E-state index contributed by atoms with van der Waals surface area (Å²) >= 11 is 0. The van der Waals surface area contributed by atoms with E-state index in [0.717, 1.165) is 25.2 Å². The van der Waals surface area contributed by atoms with Gasteiger partial charge in [-0.05, 0) is 46.1 Å². The first-order valence-corrected chi connectivity index (χ1v) is 5.43. The van der Waals surface area contributed by atoms with E-state index in [9.17, 15) is 0 Å². The monoisotopic (exact) mass is 183 g/mol. The second kappa shape index (κ2) is 3.25. The molecule has 76 valence electrons. The molecule has 2 unspecified atom stereocenters. The molecule has 2 heterocycles. The van der Waals surface area contributed by atoms with Crippen LogP contribution in [0.15, 0.2) is 0 Å². The molecule has 2 fully saturated rings. The zero-order valence-electron chi connectivity index (χ0n) is 9.05. The highest BCUT2D eigenvalue weighted by molar-refractivity contribution is 4.94. The van der Waals surface area contributed by atoms with E-state index in [1.807, 2.05) is 0 Å². The summed E-state index contributed by atoms with van der Waals surface area (Å²) in [6.07, 6.45) is 2.57. The number of nitrogens with zero attached hydrogens (tertiary/aromatic N) is 1. The highest BCUT2D eigenvalue weighted by Gasteiger charge is 2.40. The van der Waals surface area contributed by atoms with Crippen molar-refractivity contribution in [3.63, 3.8) is 0 Å². The molecule has 2 heteroatoms. The van der Waals surface area contributed by atoms with Gasteiger partial charge in [-0.15, -0.1) is 0 Å². The third-order valence-electron chi connectivity index (χ3n) is 3.44. The van der Waals surface area contributed by atoms with Gasteiger partial charge in [0.2, 0.25) is 0 Å². The first-order chi connectivity index (χ1) is 6.09. The van der Waals surface area contributed by atoms with Crippen LogP contribution in [-0.2, 0) is 4.74 Å². The quantitative estimate of drug-likeness (QED) is 0.568. The minimum atomic E-state index is 0.344. The summed E-state index contributed by atoms with van der Waals surface area (Å²) in [4.78, 5) is 2.67. The lowest BCUT2D eigenvalue weighted by molar-refractivity contribution is -0.000190. The number of rotatable bonds is 0. The molecular formula is C11H21NO. The molecule has 2 saturated heterocycles. The number of hydrogen-bond acceptors (Lipinski definition) is 2. The average Bonchev–Trinajstić information content (AvgIpc) is 2.45. The van der Waals surface area contributed by atoms with E-state index < -0.39 is 0 Å². The Hall–Kier alpha value is -0.0800. The fraction of sp³-hybridized carbons (Fsp3) is 1.00. The van der Waals surface area contributed by atoms with Gasteiger partial charge in [0.05, 0.1) is 6.61 Å². The fourth-order valence-electron chi connectivity index (χ4n) is 2.78. The lowest BCUT2D eigenvalue weighted by Gasteiger charge is -2.40. The molecule has 0 aromatic carbocycles. The number of ether oxygens (including phenoxy) is 1. The van der Waals surface area contributed by atoms with Gasteiger partial charge in [0.1, 0.15) is 0 Å². The molecule has 2 aliphatic rings. The molecule has 0 radical (unpaired) electrons. The van der Waals surface area contributed by atoms with Crippen molar-refractivity contribution in [3.05, 3.63) is 0 Å². The summed E-state index contributed by atoms with van der Waals surface area (Å²) in [5.41, 5.74) is 0.344. The molecule has 0 N–H and O–H groups in total. The maximum Gasteiger partial charge on any atom is 0.0509 e. The second-order valence-corrected chi connectivity index (χ2v) is 5.34. The Labute approximate surface area is 81.3 Å². The zero-order valence-corrected chi connectivity index (χ0v) is 9.05. The third kappa shape index (κ3) is 1.75. The minimum absolute atomic E-state index is 0.344. The van der Waals surface area contributed by atoms with Crippen LogP contribution in [0.3, 0.4) is 0 Å². The van der Waals surface area contributed by atoms with E-state index >= 15 is 0 Å². The maximum absolute atomic E-state index is 5.52. The summed E-state index contributed by atoms with van der Waals surface area (Å²) < 4.78 is 5.52. The molecule has 2 nitrogen and oxygen atoms in total. The van der Waals surface area contributed by atoms with Crippen LogP contribution < -0.4 is 0 Å². The molecule has 0 aromatic rings. The summed E-state index contributed by atoms with van der Waals surface area (Å²) in [7, 11) is 0. The van der Waals surface area contributed by atoms with Crippen molar-refractivity contribution in [1.29, 1.82) is 0 Å². The van der Waals surface area contributed by atoms with Crippen molar-refractivity contribution >= 4 is 0 Å². The van der Waals surface area contributed by atoms with Gasteiger partial charge in [0, 0.05) is 18.2 Å². The SMILES string of the molecule is CC(C)(C)N1CCC2COCCC21. The van der Waals surface area contributed by atoms with Crippen LogP contribution in [0.5, 0.6) is 0 Å². The standard InChI is InChI=1S/C11H21NO/c1-11(2,3)12-6-4-9-8-13-7-5-10(9)12/h9-10H,4-8H2,1-3H3. The van der Waals surface area contributed by atoms with Crippen LogP contribution in [0.1, 0.15) is 33.6 Å². The van der Waals surface area contributed by atoms with E-state index in [-0.39, 0.29) is 0 Å². The summed E-state index contributed by atoms with van der Waals surface area (Å²) in [6.45, 7) is 10.2. The maximum atomic E-state index is 5.52. The molecule has 0 bridgehead atoms. The third-order valence-corrected chi connectivity index (χ3v) is 3.44. The fourth-order valence-corrected chi connectivity index (χ4v) is 2.78. The van der Waals surface area contributed by atoms with Crippen molar-refractivity contribution in [3.8, 4) is 0 Å². The van der Waals surface area contributed by atoms with Gasteiger partial charge in [-0.1, -0.05) is 0 Å². The van der Waals surface area contributed by atoms with Crippen LogP contribution in [0.2, 0.25) is 0 Å². The van der Waals surface area contributed by atoms with E-state index in [2.05, 4.69) is 25.7 Å². The van der Waals surface area contributed by atoms with Crippen molar-refractivity contribution in [2.45, 2.75) is 45.2 Å². The van der Waals surface area contributed by atoms with Crippen molar-refractivity contribution in [2.24, 2.45) is 5.92 Å². The Morgan fingerprint density at radius 1 is 1.23 bits per heavy atom. The minimum Gasteiger partial charge on any atom is -0.381 e. The molecular weight excluding hydrogens is 162 g/mol. The van der Waals surface area contributed by atoms with Crippen molar-refractivity contribution in [2.75, 3.05) is 19.8 Å². The molecule has 13 heavy (non-hydrogen) atoms. The van der Waals surface area contributed by atoms with E-state index in [1.54, 1.807) is 0 Å². The average molecular weight is 183 g/mol. The Bertz CT molecular complexity index is 185. The zero-order chi connectivity index (χ0) is 9.47. The molecule has 0 aromatic heterocycles. The smallest absolute Gasteiger partial charge is 0.0509 e. The van der Waals surface area contributed by atoms with Crippen LogP contribution >= 0.6 is 0 Å². The van der Waals surface area contributed by atoms with E-state index in [0.29, 0.717) is 5.54 Å². The highest BCUT2D eigenvalue weighted by atomic mass is 16.5. The van der Waals surface area contributed by atoms with Crippen LogP contribution in [0, 0.1) is 5.92 Å². The first-order valence-electron chi connectivity index (χ1n) is 5.43. The van der Waals surface area contributed by atoms with E-state index in [1.165, 1.54) is 19.4 Å². The van der Waals surface area contributed by atoms with Crippen LogP contribution in [0.25, 0.3) is 0 Å². The molecule has 0 aliphatic carbocycles. The Morgan fingerprint density at radius 3 is 2.69 bits per heavy atom. The lowest BCUT2D eigenvalue weighted by atomic mass is 9.94. The summed E-state index contributed by atoms with van der Waals surface area (Å²) in [5.74, 6) is 0.813. The topological polar surface area (TPSA) is 12.5 Å². The molecule has 2 rings (SSSR count). The molecule has 0 spiro atoms.